The van der Waals surface area contributed by atoms with Gasteiger partial charge in [0.1, 0.15) is 5.82 Å². The largest absolute Gasteiger partial charge is 0.475 e. The van der Waals surface area contributed by atoms with Gasteiger partial charge in [-0.15, -0.1) is 0 Å². The molecule has 0 unspecified atom stereocenters. The summed E-state index contributed by atoms with van der Waals surface area (Å²) in [7, 11) is 0. The number of hydrogen-bond donors (Lipinski definition) is 2. The fourth-order valence-corrected chi connectivity index (χ4v) is 2.47. The van der Waals surface area contributed by atoms with Gasteiger partial charge >= 0.3 is 5.97 Å². The topological polar surface area (TPSA) is 99.9 Å². The molecule has 0 aliphatic carbocycles. The molecular formula is C17H19N5O3. The van der Waals surface area contributed by atoms with Gasteiger partial charge < -0.3 is 14.7 Å². The number of nitrogens with zero attached hydrogens (tertiary/aromatic N) is 4. The van der Waals surface area contributed by atoms with Gasteiger partial charge in [-0.05, 0) is 12.5 Å². The van der Waals surface area contributed by atoms with Gasteiger partial charge in [0.2, 0.25) is 5.82 Å². The maximum absolute atomic E-state index is 11.3. The van der Waals surface area contributed by atoms with Gasteiger partial charge in [0.05, 0.1) is 19.4 Å². The van der Waals surface area contributed by atoms with Crippen LogP contribution in [0.25, 0.3) is 0 Å². The van der Waals surface area contributed by atoms with Gasteiger partial charge in [0.15, 0.2) is 5.82 Å². The lowest BCUT2D eigenvalue weighted by Crippen LogP contribution is -2.37. The number of benzene rings is 1. The highest BCUT2D eigenvalue weighted by atomic mass is 16.5. The molecule has 3 rings (SSSR count). The van der Waals surface area contributed by atoms with Crippen LogP contribution in [0.2, 0.25) is 0 Å². The molecule has 1 saturated heterocycles. The Morgan fingerprint density at radius 2 is 2.12 bits per heavy atom. The van der Waals surface area contributed by atoms with E-state index >= 15 is 0 Å². The zero-order chi connectivity index (χ0) is 17.6. The van der Waals surface area contributed by atoms with Crippen LogP contribution in [0, 0.1) is 6.92 Å². The van der Waals surface area contributed by atoms with Crippen LogP contribution in [0.3, 0.4) is 0 Å². The number of aromatic carboxylic acids is 1. The molecule has 2 N–H and O–H groups in total. The van der Waals surface area contributed by atoms with E-state index in [0.717, 1.165) is 11.1 Å². The molecule has 0 spiro atoms. The smallest absolute Gasteiger partial charge is 0.374 e. The highest BCUT2D eigenvalue weighted by molar-refractivity contribution is 5.84. The number of ether oxygens (including phenoxy) is 1. The van der Waals surface area contributed by atoms with E-state index in [0.29, 0.717) is 37.9 Å². The minimum absolute atomic E-state index is 0.266. The van der Waals surface area contributed by atoms with Crippen molar-refractivity contribution in [2.75, 3.05) is 36.6 Å². The maximum Gasteiger partial charge on any atom is 0.374 e. The van der Waals surface area contributed by atoms with E-state index in [-0.39, 0.29) is 5.82 Å². The number of carboxylic acid groups (broad SMARTS) is 1. The normalized spacial score (nSPS) is 14.7. The average molecular weight is 341 g/mol. The number of hydrazone groups is 1. The van der Waals surface area contributed by atoms with E-state index in [1.54, 1.807) is 12.3 Å². The van der Waals surface area contributed by atoms with Gasteiger partial charge in [0, 0.05) is 19.2 Å². The summed E-state index contributed by atoms with van der Waals surface area (Å²) >= 11 is 0. The van der Waals surface area contributed by atoms with Crippen LogP contribution in [0.4, 0.5) is 11.6 Å². The Labute approximate surface area is 145 Å². The first-order valence-corrected chi connectivity index (χ1v) is 7.92. The lowest BCUT2D eigenvalue weighted by Gasteiger charge is -2.27. The van der Waals surface area contributed by atoms with Crippen LogP contribution in [0.15, 0.2) is 35.4 Å². The summed E-state index contributed by atoms with van der Waals surface area (Å²) in [4.78, 5) is 21.3. The van der Waals surface area contributed by atoms with E-state index in [2.05, 4.69) is 20.5 Å². The Balaban J connectivity index is 1.79. The Morgan fingerprint density at radius 1 is 1.32 bits per heavy atom. The minimum Gasteiger partial charge on any atom is -0.475 e. The van der Waals surface area contributed by atoms with Crippen LogP contribution in [0.5, 0.6) is 0 Å². The van der Waals surface area contributed by atoms with Crippen molar-refractivity contribution in [2.24, 2.45) is 5.10 Å². The quantitative estimate of drug-likeness (QED) is 0.631. The van der Waals surface area contributed by atoms with E-state index in [1.165, 1.54) is 0 Å². The summed E-state index contributed by atoms with van der Waals surface area (Å²) < 4.78 is 5.31. The number of hydrogen-bond acceptors (Lipinski definition) is 7. The fourth-order valence-electron chi connectivity index (χ4n) is 2.47. The molecule has 0 saturated carbocycles. The average Bonchev–Trinajstić information content (AvgIpc) is 2.62. The van der Waals surface area contributed by atoms with Gasteiger partial charge in [0.25, 0.3) is 0 Å². The van der Waals surface area contributed by atoms with Crippen LogP contribution >= 0.6 is 0 Å². The first-order chi connectivity index (χ1) is 12.1. The van der Waals surface area contributed by atoms with Crippen molar-refractivity contribution in [1.82, 2.24) is 9.97 Å². The molecule has 1 aromatic heterocycles. The number of carboxylic acids is 1. The van der Waals surface area contributed by atoms with Crippen molar-refractivity contribution < 1.29 is 14.6 Å². The van der Waals surface area contributed by atoms with Crippen molar-refractivity contribution in [3.05, 3.63) is 47.3 Å². The van der Waals surface area contributed by atoms with Crippen molar-refractivity contribution in [3.8, 4) is 0 Å². The summed E-state index contributed by atoms with van der Waals surface area (Å²) in [6.07, 6.45) is 1.66. The highest BCUT2D eigenvalue weighted by Crippen LogP contribution is 2.17. The number of morpholine rings is 1. The molecule has 0 atom stereocenters. The van der Waals surface area contributed by atoms with E-state index in [1.807, 2.05) is 36.1 Å². The fraction of sp³-hybridized carbons (Fsp3) is 0.294. The second-order valence-corrected chi connectivity index (χ2v) is 5.62. The predicted octanol–water partition coefficient (Wildman–Crippen LogP) is 1.77. The number of anilines is 2. The third-order valence-electron chi connectivity index (χ3n) is 3.67. The van der Waals surface area contributed by atoms with Crippen molar-refractivity contribution in [1.29, 1.82) is 0 Å². The summed E-state index contributed by atoms with van der Waals surface area (Å²) in [5, 5.41) is 13.4. The number of aromatic nitrogens is 2. The van der Waals surface area contributed by atoms with Crippen molar-refractivity contribution in [3.63, 3.8) is 0 Å². The van der Waals surface area contributed by atoms with E-state index in [4.69, 9.17) is 4.74 Å². The molecule has 0 bridgehead atoms. The van der Waals surface area contributed by atoms with Crippen LogP contribution < -0.4 is 10.3 Å². The molecular weight excluding hydrogens is 322 g/mol. The zero-order valence-electron chi connectivity index (χ0n) is 13.8. The van der Waals surface area contributed by atoms with Crippen LogP contribution in [-0.4, -0.2) is 53.6 Å². The molecule has 0 amide bonds. The Morgan fingerprint density at radius 3 is 2.84 bits per heavy atom. The minimum atomic E-state index is -1.18. The molecule has 130 valence electrons. The third-order valence-corrected chi connectivity index (χ3v) is 3.67. The van der Waals surface area contributed by atoms with Gasteiger partial charge in [-0.25, -0.2) is 14.8 Å². The maximum atomic E-state index is 11.3. The first kappa shape index (κ1) is 16.8. The lowest BCUT2D eigenvalue weighted by molar-refractivity contribution is 0.0683. The van der Waals surface area contributed by atoms with Gasteiger partial charge in [-0.3, -0.25) is 5.43 Å². The second-order valence-electron chi connectivity index (χ2n) is 5.62. The zero-order valence-corrected chi connectivity index (χ0v) is 13.8. The summed E-state index contributed by atoms with van der Waals surface area (Å²) in [6, 6.07) is 9.56. The van der Waals surface area contributed by atoms with E-state index < -0.39 is 5.97 Å². The molecule has 1 aromatic carbocycles. The molecule has 25 heavy (non-hydrogen) atoms. The Hall–Kier alpha value is -3.00. The van der Waals surface area contributed by atoms with Gasteiger partial charge in [-0.1, -0.05) is 29.8 Å². The van der Waals surface area contributed by atoms with Crippen molar-refractivity contribution >= 4 is 23.8 Å². The number of nitrogens with one attached hydrogen (secondary N) is 1. The lowest BCUT2D eigenvalue weighted by atomic mass is 10.2. The molecule has 2 aromatic rings. The molecule has 0 radical (unpaired) electrons. The molecule has 8 heteroatoms. The molecule has 1 fully saturated rings. The number of carbonyl (C=O) groups is 1. The highest BCUT2D eigenvalue weighted by Gasteiger charge is 2.17. The monoisotopic (exact) mass is 341 g/mol. The first-order valence-electron chi connectivity index (χ1n) is 7.92. The Kier molecular flexibility index (Phi) is 5.20. The third kappa shape index (κ3) is 4.51. The second kappa shape index (κ2) is 7.71. The summed E-state index contributed by atoms with van der Waals surface area (Å²) in [5.41, 5.74) is 4.86. The standard InChI is InChI=1S/C17H19N5O3/c1-12-3-2-4-13(9-12)11-18-21-14-10-15(20-16(19-14)17(23)24)22-5-7-25-8-6-22/h2-4,9-11H,5-8H2,1H3,(H,23,24)(H,19,20,21)/b18-11+. The van der Waals surface area contributed by atoms with Gasteiger partial charge in [-0.2, -0.15) is 5.10 Å². The summed E-state index contributed by atoms with van der Waals surface area (Å²) in [6.45, 7) is 4.48. The predicted molar refractivity (Wildman–Crippen MR) is 94.4 cm³/mol. The molecule has 8 nitrogen and oxygen atoms in total. The molecule has 1 aliphatic rings. The SMILES string of the molecule is Cc1cccc(/C=N/Nc2cc(N3CCOCC3)nc(C(=O)O)n2)c1. The summed E-state index contributed by atoms with van der Waals surface area (Å²) in [5.74, 6) is -0.570. The number of rotatable bonds is 5. The van der Waals surface area contributed by atoms with Crippen molar-refractivity contribution in [2.45, 2.75) is 6.92 Å². The van der Waals surface area contributed by atoms with Crippen LogP contribution in [-0.2, 0) is 4.74 Å². The van der Waals surface area contributed by atoms with E-state index in [9.17, 15) is 9.90 Å². The Bertz CT molecular complexity index is 788. The van der Waals surface area contributed by atoms with Crippen LogP contribution in [0.1, 0.15) is 21.7 Å². The molecule has 2 heterocycles. The molecule has 1 aliphatic heterocycles. The number of aryl methyl sites for hydroxylation is 1.